The maximum Gasteiger partial charge on any atom is 0.514 e. The number of nitrogens with one attached hydrogen (secondary N) is 4. The van der Waals surface area contributed by atoms with Gasteiger partial charge in [-0.25, -0.2) is 9.59 Å². The van der Waals surface area contributed by atoms with Gasteiger partial charge in [-0.15, -0.1) is 0 Å². The van der Waals surface area contributed by atoms with Crippen LogP contribution in [0.15, 0.2) is 48.5 Å². The van der Waals surface area contributed by atoms with Crippen molar-refractivity contribution in [2.45, 2.75) is 45.4 Å². The molecule has 0 saturated carbocycles. The maximum absolute atomic E-state index is 13.1. The molecule has 0 fully saturated rings. The van der Waals surface area contributed by atoms with E-state index >= 15 is 0 Å². The van der Waals surface area contributed by atoms with Crippen LogP contribution in [0.5, 0.6) is 5.75 Å². The summed E-state index contributed by atoms with van der Waals surface area (Å²) in [6, 6.07) is 8.54. The smallest absolute Gasteiger partial charge is 0.429 e. The number of ether oxygens (including phenoxy) is 2. The highest BCUT2D eigenvalue weighted by molar-refractivity contribution is 5.98. The summed E-state index contributed by atoms with van der Waals surface area (Å²) in [5.74, 6) is -1.87. The summed E-state index contributed by atoms with van der Waals surface area (Å²) >= 11 is 0. The number of nitrogens with two attached hydrogens (primary N) is 2. The number of nitro benzene ring substituents is 1. The Morgan fingerprint density at radius 2 is 1.60 bits per heavy atom. The second kappa shape index (κ2) is 16.9. The van der Waals surface area contributed by atoms with E-state index in [9.17, 15) is 34.1 Å². The van der Waals surface area contributed by atoms with Crippen LogP contribution < -0.4 is 37.5 Å². The lowest BCUT2D eigenvalue weighted by atomic mass is 10.0. The predicted molar refractivity (Wildman–Crippen MR) is 154 cm³/mol. The van der Waals surface area contributed by atoms with Crippen molar-refractivity contribution < 1.29 is 38.4 Å². The number of nitrogens with zero attached hydrogens (tertiary/aromatic N) is 1. The molecule has 0 aliphatic heterocycles. The molecule has 8 N–H and O–H groups in total. The lowest BCUT2D eigenvalue weighted by molar-refractivity contribution is -0.384. The van der Waals surface area contributed by atoms with Gasteiger partial charge in [0.25, 0.3) is 5.69 Å². The van der Waals surface area contributed by atoms with Gasteiger partial charge in [0.1, 0.15) is 24.4 Å². The highest BCUT2D eigenvalue weighted by Gasteiger charge is 2.28. The van der Waals surface area contributed by atoms with E-state index in [4.69, 9.17) is 20.9 Å². The molecule has 16 nitrogen and oxygen atoms in total. The van der Waals surface area contributed by atoms with Crippen molar-refractivity contribution in [1.82, 2.24) is 16.0 Å². The summed E-state index contributed by atoms with van der Waals surface area (Å²) in [7, 11) is 0. The van der Waals surface area contributed by atoms with Crippen LogP contribution >= 0.6 is 0 Å². The average Bonchev–Trinajstić information content (AvgIpc) is 2.96. The first-order chi connectivity index (χ1) is 20.4. The van der Waals surface area contributed by atoms with Crippen LogP contribution in [0.4, 0.5) is 21.0 Å². The summed E-state index contributed by atoms with van der Waals surface area (Å²) in [6.07, 6.45) is -0.552. The molecule has 43 heavy (non-hydrogen) atoms. The summed E-state index contributed by atoms with van der Waals surface area (Å²) in [4.78, 5) is 70.9. The van der Waals surface area contributed by atoms with Crippen molar-refractivity contribution in [2.24, 2.45) is 17.4 Å². The number of primary amides is 1. The molecule has 0 heterocycles. The average molecular weight is 602 g/mol. The number of hydrogen-bond acceptors (Lipinski definition) is 10. The first-order valence-corrected chi connectivity index (χ1v) is 13.2. The number of urea groups is 1. The van der Waals surface area contributed by atoms with Gasteiger partial charge in [0, 0.05) is 24.4 Å². The van der Waals surface area contributed by atoms with E-state index in [-0.39, 0.29) is 43.5 Å². The van der Waals surface area contributed by atoms with Gasteiger partial charge in [0.2, 0.25) is 17.7 Å². The number of carbonyl (C=O) groups excluding carboxylic acids is 5. The van der Waals surface area contributed by atoms with Gasteiger partial charge in [-0.2, -0.15) is 0 Å². The predicted octanol–water partition coefficient (Wildman–Crippen LogP) is 1.28. The van der Waals surface area contributed by atoms with Crippen LogP contribution in [0.25, 0.3) is 0 Å². The number of anilines is 1. The first kappa shape index (κ1) is 34.0. The van der Waals surface area contributed by atoms with Crippen molar-refractivity contribution >= 4 is 41.3 Å². The maximum atomic E-state index is 13.1. The number of amides is 5. The third-order valence-corrected chi connectivity index (χ3v) is 5.88. The minimum Gasteiger partial charge on any atom is -0.429 e. The molecule has 2 atom stereocenters. The van der Waals surface area contributed by atoms with Gasteiger partial charge in [-0.1, -0.05) is 26.0 Å². The van der Waals surface area contributed by atoms with E-state index in [1.807, 2.05) is 0 Å². The molecule has 0 aliphatic carbocycles. The van der Waals surface area contributed by atoms with Crippen LogP contribution in [0.2, 0.25) is 0 Å². The molecule has 232 valence electrons. The van der Waals surface area contributed by atoms with Crippen LogP contribution in [0.1, 0.15) is 32.3 Å². The van der Waals surface area contributed by atoms with Crippen LogP contribution in [-0.4, -0.2) is 60.0 Å². The van der Waals surface area contributed by atoms with Gasteiger partial charge < -0.3 is 42.2 Å². The summed E-state index contributed by atoms with van der Waals surface area (Å²) in [5.41, 5.74) is 11.2. The highest BCUT2D eigenvalue weighted by atomic mass is 16.7. The van der Waals surface area contributed by atoms with E-state index in [2.05, 4.69) is 21.3 Å². The second-order valence-corrected chi connectivity index (χ2v) is 9.57. The van der Waals surface area contributed by atoms with E-state index in [0.717, 1.165) is 0 Å². The Kier molecular flexibility index (Phi) is 13.3. The molecule has 0 aliphatic rings. The number of benzene rings is 2. The highest BCUT2D eigenvalue weighted by Crippen LogP contribution is 2.18. The summed E-state index contributed by atoms with van der Waals surface area (Å²) in [5, 5.41) is 21.0. The monoisotopic (exact) mass is 601 g/mol. The Morgan fingerprint density at radius 3 is 2.16 bits per heavy atom. The second-order valence-electron chi connectivity index (χ2n) is 9.57. The minimum atomic E-state index is -1.02. The SMILES string of the molecule is CC(C)C(NC(=O)CN)C(=O)NC(CCCNC(N)=O)C(=O)Nc1ccc(COC(=O)Oc2ccc([N+](=O)[O-])cc2)cc1. The Hall–Kier alpha value is -5.25. The van der Waals surface area contributed by atoms with Crippen molar-refractivity contribution in [1.29, 1.82) is 0 Å². The Bertz CT molecular complexity index is 1280. The molecule has 16 heteroatoms. The zero-order valence-corrected chi connectivity index (χ0v) is 23.7. The molecule has 2 unspecified atom stereocenters. The molecule has 2 aromatic carbocycles. The molecule has 0 spiro atoms. The van der Waals surface area contributed by atoms with Crippen LogP contribution in [0, 0.1) is 16.0 Å². The Morgan fingerprint density at radius 1 is 0.953 bits per heavy atom. The molecule has 2 rings (SSSR count). The third kappa shape index (κ3) is 12.0. The molecular formula is C27H35N7O9. The molecule has 2 aromatic rings. The molecule has 0 aromatic heterocycles. The quantitative estimate of drug-likeness (QED) is 0.0561. The molecule has 5 amide bonds. The lowest BCUT2D eigenvalue weighted by Crippen LogP contribution is -2.55. The molecule has 0 bridgehead atoms. The van der Waals surface area contributed by atoms with Gasteiger partial charge in [0.05, 0.1) is 11.5 Å². The van der Waals surface area contributed by atoms with Gasteiger partial charge in [-0.3, -0.25) is 24.5 Å². The number of hydrogen-bond donors (Lipinski definition) is 6. The van der Waals surface area contributed by atoms with Crippen molar-refractivity contribution in [2.75, 3.05) is 18.4 Å². The summed E-state index contributed by atoms with van der Waals surface area (Å²) in [6.45, 7) is 3.17. The third-order valence-electron chi connectivity index (χ3n) is 5.88. The van der Waals surface area contributed by atoms with E-state index in [1.165, 1.54) is 24.3 Å². The zero-order chi connectivity index (χ0) is 31.9. The molecule has 0 radical (unpaired) electrons. The van der Waals surface area contributed by atoms with Gasteiger partial charge in [-0.05, 0) is 48.6 Å². The fourth-order valence-electron chi connectivity index (χ4n) is 3.63. The van der Waals surface area contributed by atoms with Crippen LogP contribution in [0.3, 0.4) is 0 Å². The summed E-state index contributed by atoms with van der Waals surface area (Å²) < 4.78 is 10.0. The largest absolute Gasteiger partial charge is 0.514 e. The van der Waals surface area contributed by atoms with Crippen LogP contribution in [-0.2, 0) is 25.7 Å². The van der Waals surface area contributed by atoms with Gasteiger partial charge >= 0.3 is 12.2 Å². The van der Waals surface area contributed by atoms with E-state index in [0.29, 0.717) is 17.7 Å². The van der Waals surface area contributed by atoms with Crippen molar-refractivity contribution in [3.05, 3.63) is 64.2 Å². The fraction of sp³-hybridized carbons (Fsp3) is 0.370. The van der Waals surface area contributed by atoms with E-state index in [1.54, 1.807) is 38.1 Å². The number of nitro groups is 1. The van der Waals surface area contributed by atoms with Gasteiger partial charge in [0.15, 0.2) is 0 Å². The number of rotatable bonds is 15. The van der Waals surface area contributed by atoms with Crippen molar-refractivity contribution in [3.8, 4) is 5.75 Å². The standard InChI is InChI=1S/C27H35N7O9/c1-16(2)23(33-22(35)14-28)25(37)32-21(4-3-13-30-26(29)38)24(36)31-18-7-5-17(6-8-18)15-42-27(39)43-20-11-9-19(10-12-20)34(40)41/h5-12,16,21,23H,3-4,13-15,28H2,1-2H3,(H,31,36)(H,32,37)(H,33,35)(H3,29,30,38). The zero-order valence-electron chi connectivity index (χ0n) is 23.7. The lowest BCUT2D eigenvalue weighted by Gasteiger charge is -2.25. The van der Waals surface area contributed by atoms with E-state index < -0.39 is 46.9 Å². The Balaban J connectivity index is 1.98. The fourth-order valence-corrected chi connectivity index (χ4v) is 3.63. The first-order valence-electron chi connectivity index (χ1n) is 13.2. The number of non-ortho nitro benzene ring substituents is 1. The number of carbonyl (C=O) groups is 5. The Labute approximate surface area is 247 Å². The normalized spacial score (nSPS) is 11.9. The molecular weight excluding hydrogens is 566 g/mol. The minimum absolute atomic E-state index is 0.0715. The van der Waals surface area contributed by atoms with Crippen molar-refractivity contribution in [3.63, 3.8) is 0 Å². The molecule has 0 saturated heterocycles. The topological polar surface area (TPSA) is 247 Å².